The van der Waals surface area contributed by atoms with E-state index < -0.39 is 6.04 Å². The van der Waals surface area contributed by atoms with Gasteiger partial charge >= 0.3 is 0 Å². The minimum absolute atomic E-state index is 0.0283. The second-order valence-corrected chi connectivity index (χ2v) is 8.90. The molecule has 0 saturated heterocycles. The lowest BCUT2D eigenvalue weighted by Crippen LogP contribution is -2.47. The molecule has 1 aliphatic rings. The largest absolute Gasteiger partial charge is 0.368 e. The number of fused-ring (bicyclic) bond motifs is 1. The lowest BCUT2D eigenvalue weighted by atomic mass is 10.0. The fourth-order valence-corrected chi connectivity index (χ4v) is 4.45. The van der Waals surface area contributed by atoms with Gasteiger partial charge in [0.15, 0.2) is 0 Å². The topological polar surface area (TPSA) is 75.4 Å². The maximum Gasteiger partial charge on any atom is 0.250 e. The van der Waals surface area contributed by atoms with Crippen LogP contribution >= 0.6 is 11.3 Å². The van der Waals surface area contributed by atoms with Gasteiger partial charge in [-0.2, -0.15) is 0 Å². The van der Waals surface area contributed by atoms with Crippen LogP contribution in [0, 0.1) is 5.92 Å². The molecule has 0 fully saturated rings. The van der Waals surface area contributed by atoms with Gasteiger partial charge in [0.2, 0.25) is 5.91 Å². The lowest BCUT2D eigenvalue weighted by molar-refractivity contribution is -0.120. The standard InChI is InChI=1S/C23H29N3O2S/c1-16(2)14-18(25-20(23(24)28)15-19-7-5-13-29-19)9-10-22(27)26-12-11-17-6-3-4-8-21(17)26/h3-10,13,16,18,20,25H,11-12,14-15H2,1-2H3,(H2,24,28)/b10-9+/t18-,20+/m1/s1. The Morgan fingerprint density at radius 3 is 2.72 bits per heavy atom. The summed E-state index contributed by atoms with van der Waals surface area (Å²) in [5.41, 5.74) is 7.84. The van der Waals surface area contributed by atoms with E-state index in [1.807, 2.05) is 46.7 Å². The van der Waals surface area contributed by atoms with Gasteiger partial charge in [-0.25, -0.2) is 0 Å². The summed E-state index contributed by atoms with van der Waals surface area (Å²) < 4.78 is 0. The number of anilines is 1. The maximum atomic E-state index is 12.8. The van der Waals surface area contributed by atoms with Crippen LogP contribution in [0.15, 0.2) is 53.9 Å². The number of carbonyl (C=O) groups excluding carboxylic acids is 2. The van der Waals surface area contributed by atoms with Crippen molar-refractivity contribution in [2.24, 2.45) is 11.7 Å². The third-order valence-corrected chi connectivity index (χ3v) is 5.99. The van der Waals surface area contributed by atoms with Crippen molar-refractivity contribution >= 4 is 28.8 Å². The van der Waals surface area contributed by atoms with Gasteiger partial charge in [-0.05, 0) is 41.8 Å². The Hall–Kier alpha value is -2.44. The summed E-state index contributed by atoms with van der Waals surface area (Å²) >= 11 is 1.61. The molecule has 2 atom stereocenters. The highest BCUT2D eigenvalue weighted by Crippen LogP contribution is 2.27. The van der Waals surface area contributed by atoms with Crippen molar-refractivity contribution in [3.8, 4) is 0 Å². The zero-order chi connectivity index (χ0) is 20.8. The van der Waals surface area contributed by atoms with Crippen LogP contribution in [0.1, 0.15) is 30.7 Å². The zero-order valence-electron chi connectivity index (χ0n) is 17.0. The van der Waals surface area contributed by atoms with E-state index >= 15 is 0 Å². The summed E-state index contributed by atoms with van der Waals surface area (Å²) in [5, 5.41) is 5.35. The third-order valence-electron chi connectivity index (χ3n) is 5.09. The van der Waals surface area contributed by atoms with E-state index in [0.29, 0.717) is 18.9 Å². The number of hydrogen-bond donors (Lipinski definition) is 2. The zero-order valence-corrected chi connectivity index (χ0v) is 17.8. The van der Waals surface area contributed by atoms with Crippen LogP contribution in [-0.4, -0.2) is 30.4 Å². The fourth-order valence-electron chi connectivity index (χ4n) is 3.70. The molecule has 1 aromatic carbocycles. The first kappa shape index (κ1) is 21.3. The van der Waals surface area contributed by atoms with E-state index in [0.717, 1.165) is 23.4 Å². The molecule has 2 aromatic rings. The number of primary amides is 1. The molecular formula is C23H29N3O2S. The Morgan fingerprint density at radius 1 is 1.24 bits per heavy atom. The van der Waals surface area contributed by atoms with Crippen molar-refractivity contribution in [1.82, 2.24) is 5.32 Å². The number of rotatable bonds is 9. The van der Waals surface area contributed by atoms with Crippen molar-refractivity contribution in [3.63, 3.8) is 0 Å². The van der Waals surface area contributed by atoms with Gasteiger partial charge in [-0.15, -0.1) is 11.3 Å². The fraction of sp³-hybridized carbons (Fsp3) is 0.391. The van der Waals surface area contributed by atoms with Gasteiger partial charge in [0.05, 0.1) is 6.04 Å². The summed E-state index contributed by atoms with van der Waals surface area (Å²) in [6.07, 6.45) is 5.77. The van der Waals surface area contributed by atoms with Crippen LogP contribution in [-0.2, 0) is 22.4 Å². The first-order valence-corrected chi connectivity index (χ1v) is 11.0. The van der Waals surface area contributed by atoms with E-state index in [1.165, 1.54) is 5.56 Å². The van der Waals surface area contributed by atoms with E-state index in [9.17, 15) is 9.59 Å². The van der Waals surface area contributed by atoms with Gasteiger partial charge in [-0.1, -0.05) is 44.2 Å². The summed E-state index contributed by atoms with van der Waals surface area (Å²) in [6, 6.07) is 11.4. The van der Waals surface area contributed by atoms with Crippen LogP contribution in [0.2, 0.25) is 0 Å². The molecule has 6 heteroatoms. The van der Waals surface area contributed by atoms with Crippen molar-refractivity contribution in [2.45, 2.75) is 45.2 Å². The van der Waals surface area contributed by atoms with Gasteiger partial charge in [-0.3, -0.25) is 14.9 Å². The molecule has 5 nitrogen and oxygen atoms in total. The second kappa shape index (κ2) is 9.85. The number of carbonyl (C=O) groups is 2. The molecule has 3 N–H and O–H groups in total. The molecule has 0 spiro atoms. The number of hydrogen-bond acceptors (Lipinski definition) is 4. The number of thiophene rings is 1. The Kier molecular flexibility index (Phi) is 7.23. The second-order valence-electron chi connectivity index (χ2n) is 7.87. The Morgan fingerprint density at radius 2 is 2.03 bits per heavy atom. The molecule has 0 unspecified atom stereocenters. The van der Waals surface area contributed by atoms with Crippen molar-refractivity contribution in [2.75, 3.05) is 11.4 Å². The average Bonchev–Trinajstić information content (AvgIpc) is 3.34. The van der Waals surface area contributed by atoms with Gasteiger partial charge in [0.25, 0.3) is 5.91 Å². The van der Waals surface area contributed by atoms with Crippen molar-refractivity contribution < 1.29 is 9.59 Å². The minimum atomic E-state index is -0.468. The third kappa shape index (κ3) is 5.78. The molecular weight excluding hydrogens is 382 g/mol. The molecule has 0 bridgehead atoms. The molecule has 0 saturated carbocycles. The smallest absolute Gasteiger partial charge is 0.250 e. The number of amides is 2. The van der Waals surface area contributed by atoms with Gasteiger partial charge < -0.3 is 10.6 Å². The number of nitrogens with one attached hydrogen (secondary N) is 1. The minimum Gasteiger partial charge on any atom is -0.368 e. The maximum absolute atomic E-state index is 12.8. The van der Waals surface area contributed by atoms with Crippen molar-refractivity contribution in [1.29, 1.82) is 0 Å². The first-order valence-electron chi connectivity index (χ1n) is 10.1. The predicted molar refractivity (Wildman–Crippen MR) is 119 cm³/mol. The predicted octanol–water partition coefficient (Wildman–Crippen LogP) is 3.29. The number of nitrogens with zero attached hydrogens (tertiary/aromatic N) is 1. The molecule has 2 amide bonds. The SMILES string of the molecule is CC(C)C[C@@H](/C=C/C(=O)N1CCc2ccccc21)N[C@@H](Cc1cccs1)C(N)=O. The van der Waals surface area contributed by atoms with Crippen LogP contribution in [0.5, 0.6) is 0 Å². The van der Waals surface area contributed by atoms with Crippen LogP contribution in [0.3, 0.4) is 0 Å². The summed E-state index contributed by atoms with van der Waals surface area (Å²) in [7, 11) is 0. The van der Waals surface area contributed by atoms with E-state index in [-0.39, 0.29) is 17.9 Å². The average molecular weight is 412 g/mol. The number of benzene rings is 1. The Bertz CT molecular complexity index is 861. The summed E-state index contributed by atoms with van der Waals surface area (Å²) in [6.45, 7) is 4.95. The molecule has 154 valence electrons. The van der Waals surface area contributed by atoms with E-state index in [1.54, 1.807) is 17.4 Å². The molecule has 3 rings (SSSR count). The highest BCUT2D eigenvalue weighted by Gasteiger charge is 2.24. The van der Waals surface area contributed by atoms with E-state index in [2.05, 4.69) is 25.2 Å². The number of para-hydroxylation sites is 1. The van der Waals surface area contributed by atoms with E-state index in [4.69, 9.17) is 5.73 Å². The molecule has 0 radical (unpaired) electrons. The highest BCUT2D eigenvalue weighted by atomic mass is 32.1. The van der Waals surface area contributed by atoms with Crippen LogP contribution in [0.4, 0.5) is 5.69 Å². The molecule has 29 heavy (non-hydrogen) atoms. The van der Waals surface area contributed by atoms with Crippen LogP contribution in [0.25, 0.3) is 0 Å². The molecule has 0 aliphatic carbocycles. The number of nitrogens with two attached hydrogens (primary N) is 1. The van der Waals surface area contributed by atoms with Gasteiger partial charge in [0.1, 0.15) is 0 Å². The summed E-state index contributed by atoms with van der Waals surface area (Å²) in [4.78, 5) is 27.7. The van der Waals surface area contributed by atoms with Gasteiger partial charge in [0, 0.05) is 35.6 Å². The quantitative estimate of drug-likeness (QED) is 0.622. The normalized spacial score (nSPS) is 15.6. The lowest BCUT2D eigenvalue weighted by Gasteiger charge is -2.23. The van der Waals surface area contributed by atoms with Crippen LogP contribution < -0.4 is 16.0 Å². The molecule has 1 aromatic heterocycles. The first-order chi connectivity index (χ1) is 13.9. The monoisotopic (exact) mass is 411 g/mol. The summed E-state index contributed by atoms with van der Waals surface area (Å²) in [5.74, 6) is 0.00905. The molecule has 2 heterocycles. The highest BCUT2D eigenvalue weighted by molar-refractivity contribution is 7.09. The molecule has 1 aliphatic heterocycles. The van der Waals surface area contributed by atoms with Crippen molar-refractivity contribution in [3.05, 3.63) is 64.4 Å². The Labute approximate surface area is 176 Å². The Balaban J connectivity index is 1.69.